The van der Waals surface area contributed by atoms with E-state index < -0.39 is 5.97 Å². The number of aromatic carboxylic acids is 1. The molecule has 0 amide bonds. The predicted octanol–water partition coefficient (Wildman–Crippen LogP) is 2.81. The van der Waals surface area contributed by atoms with Crippen molar-refractivity contribution in [1.29, 1.82) is 0 Å². The number of hydrogen-bond donors (Lipinski definition) is 2. The second kappa shape index (κ2) is 3.55. The fraction of sp³-hybridized carbons (Fsp3) is 0.125. The van der Waals surface area contributed by atoms with Gasteiger partial charge in [0.2, 0.25) is 0 Å². The van der Waals surface area contributed by atoms with Gasteiger partial charge in [0.1, 0.15) is 11.3 Å². The van der Waals surface area contributed by atoms with Crippen molar-refractivity contribution in [2.45, 2.75) is 6.92 Å². The number of benzene rings is 1. The Morgan fingerprint density at radius 1 is 1.62 bits per heavy atom. The molecule has 0 bridgehead atoms. The summed E-state index contributed by atoms with van der Waals surface area (Å²) in [5.41, 5.74) is 0.189. The van der Waals surface area contributed by atoms with E-state index in [1.807, 2.05) is 0 Å². The maximum absolute atomic E-state index is 10.7. The van der Waals surface area contributed by atoms with Crippen LogP contribution in [0.5, 0.6) is 5.75 Å². The number of carboxylic acid groups (broad SMARTS) is 1. The van der Waals surface area contributed by atoms with Crippen LogP contribution in [0.3, 0.4) is 0 Å². The van der Waals surface area contributed by atoms with Crippen molar-refractivity contribution >= 4 is 33.5 Å². The molecule has 1 aromatic carbocycles. The minimum atomic E-state index is -1.20. The van der Waals surface area contributed by atoms with Crippen molar-refractivity contribution in [3.63, 3.8) is 0 Å². The molecule has 0 atom stereocenters. The smallest absolute Gasteiger partial charge is 0.339 e. The van der Waals surface area contributed by atoms with E-state index >= 15 is 0 Å². The summed E-state index contributed by atoms with van der Waals surface area (Å²) in [6, 6.07) is 1.46. The third kappa shape index (κ3) is 1.78. The molecule has 0 saturated heterocycles. The average molecular weight is 265 g/mol. The Balaban J connectivity index is 3.56. The van der Waals surface area contributed by atoms with E-state index in [0.717, 1.165) is 0 Å². The van der Waals surface area contributed by atoms with Crippen molar-refractivity contribution < 1.29 is 15.0 Å². The fourth-order valence-corrected chi connectivity index (χ4v) is 1.73. The van der Waals surface area contributed by atoms with E-state index in [1.165, 1.54) is 13.0 Å². The van der Waals surface area contributed by atoms with Crippen LogP contribution in [-0.2, 0) is 0 Å². The van der Waals surface area contributed by atoms with Gasteiger partial charge in [-0.05, 0) is 34.5 Å². The number of aromatic hydroxyl groups is 1. The lowest BCUT2D eigenvalue weighted by atomic mass is 10.1. The number of carbonyl (C=O) groups is 1. The van der Waals surface area contributed by atoms with Crippen LogP contribution in [-0.4, -0.2) is 16.2 Å². The Hall–Kier alpha value is -0.740. The van der Waals surface area contributed by atoms with Gasteiger partial charge < -0.3 is 10.2 Å². The predicted molar refractivity (Wildman–Crippen MR) is 52.5 cm³/mol. The highest BCUT2D eigenvalue weighted by Gasteiger charge is 2.18. The summed E-state index contributed by atoms with van der Waals surface area (Å²) in [6.07, 6.45) is 0. The molecule has 2 N–H and O–H groups in total. The summed E-state index contributed by atoms with van der Waals surface area (Å²) in [5.74, 6) is -1.49. The molecule has 1 aromatic rings. The van der Waals surface area contributed by atoms with E-state index in [0.29, 0.717) is 10.6 Å². The standard InChI is InChI=1S/C8H6BrClO3/c1-3-5(10)2-4(9)7(11)6(3)8(12)13/h2,11H,1H3,(H,12,13). The highest BCUT2D eigenvalue weighted by atomic mass is 79.9. The first-order valence-electron chi connectivity index (χ1n) is 3.36. The van der Waals surface area contributed by atoms with Gasteiger partial charge in [0, 0.05) is 5.02 Å². The molecule has 0 saturated carbocycles. The topological polar surface area (TPSA) is 57.5 Å². The number of carboxylic acids is 1. The molecule has 0 aliphatic carbocycles. The van der Waals surface area contributed by atoms with Gasteiger partial charge in [0.15, 0.2) is 0 Å². The molecule has 0 aliphatic rings. The van der Waals surface area contributed by atoms with Crippen LogP contribution in [0.1, 0.15) is 15.9 Å². The molecule has 1 rings (SSSR count). The van der Waals surface area contributed by atoms with Gasteiger partial charge in [-0.15, -0.1) is 0 Å². The van der Waals surface area contributed by atoms with Crippen LogP contribution >= 0.6 is 27.5 Å². The molecule has 0 fully saturated rings. The summed E-state index contributed by atoms with van der Waals surface area (Å²) in [4.78, 5) is 10.7. The normalized spacial score (nSPS) is 10.1. The quantitative estimate of drug-likeness (QED) is 0.821. The SMILES string of the molecule is Cc1c(Cl)cc(Br)c(O)c1C(=O)O. The van der Waals surface area contributed by atoms with Crippen LogP contribution in [0, 0.1) is 6.92 Å². The van der Waals surface area contributed by atoms with E-state index in [2.05, 4.69) is 15.9 Å². The Morgan fingerprint density at radius 3 is 2.62 bits per heavy atom. The summed E-state index contributed by atoms with van der Waals surface area (Å²) in [6.45, 7) is 1.54. The van der Waals surface area contributed by atoms with Gasteiger partial charge in [-0.1, -0.05) is 11.6 Å². The van der Waals surface area contributed by atoms with Crippen LogP contribution < -0.4 is 0 Å². The van der Waals surface area contributed by atoms with E-state index in [4.69, 9.17) is 16.7 Å². The van der Waals surface area contributed by atoms with Crippen LogP contribution in [0.4, 0.5) is 0 Å². The van der Waals surface area contributed by atoms with E-state index in [9.17, 15) is 9.90 Å². The van der Waals surface area contributed by atoms with E-state index in [1.54, 1.807) is 0 Å². The summed E-state index contributed by atoms with van der Waals surface area (Å²) >= 11 is 8.73. The monoisotopic (exact) mass is 264 g/mol. The Bertz CT molecular complexity index is 350. The molecule has 0 spiro atoms. The zero-order valence-electron chi connectivity index (χ0n) is 6.64. The third-order valence-electron chi connectivity index (χ3n) is 1.66. The lowest BCUT2D eigenvalue weighted by molar-refractivity contribution is 0.0693. The molecular weight excluding hydrogens is 259 g/mol. The van der Waals surface area contributed by atoms with Crippen LogP contribution in [0.15, 0.2) is 10.5 Å². The van der Waals surface area contributed by atoms with Crippen molar-refractivity contribution in [3.05, 3.63) is 26.7 Å². The van der Waals surface area contributed by atoms with Crippen molar-refractivity contribution in [2.24, 2.45) is 0 Å². The Morgan fingerprint density at radius 2 is 2.15 bits per heavy atom. The first kappa shape index (κ1) is 10.3. The Labute approximate surface area is 88.1 Å². The third-order valence-corrected chi connectivity index (χ3v) is 2.66. The Kier molecular flexibility index (Phi) is 2.83. The molecule has 0 aliphatic heterocycles. The van der Waals surface area contributed by atoms with Gasteiger partial charge in [0.05, 0.1) is 4.47 Å². The van der Waals surface area contributed by atoms with Crippen LogP contribution in [0.25, 0.3) is 0 Å². The zero-order valence-corrected chi connectivity index (χ0v) is 8.98. The molecular formula is C8H6BrClO3. The molecule has 0 heterocycles. The number of hydrogen-bond acceptors (Lipinski definition) is 2. The molecule has 5 heteroatoms. The van der Waals surface area contributed by atoms with Crippen molar-refractivity contribution in [3.8, 4) is 5.75 Å². The summed E-state index contributed by atoms with van der Waals surface area (Å²) in [5, 5.41) is 18.5. The zero-order chi connectivity index (χ0) is 10.2. The highest BCUT2D eigenvalue weighted by molar-refractivity contribution is 9.10. The van der Waals surface area contributed by atoms with Gasteiger partial charge in [-0.2, -0.15) is 0 Å². The summed E-state index contributed by atoms with van der Waals surface area (Å²) < 4.78 is 0.278. The fourth-order valence-electron chi connectivity index (χ4n) is 0.966. The van der Waals surface area contributed by atoms with Gasteiger partial charge >= 0.3 is 5.97 Å². The number of halogens is 2. The minimum absolute atomic E-state index is 0.167. The first-order valence-corrected chi connectivity index (χ1v) is 4.53. The lowest BCUT2D eigenvalue weighted by Crippen LogP contribution is -2.01. The maximum atomic E-state index is 10.7. The molecule has 70 valence electrons. The second-order valence-electron chi connectivity index (χ2n) is 2.49. The maximum Gasteiger partial charge on any atom is 0.339 e. The molecule has 3 nitrogen and oxygen atoms in total. The minimum Gasteiger partial charge on any atom is -0.506 e. The van der Waals surface area contributed by atoms with Gasteiger partial charge in [0.25, 0.3) is 0 Å². The van der Waals surface area contributed by atoms with Gasteiger partial charge in [-0.3, -0.25) is 0 Å². The first-order chi connectivity index (χ1) is 5.95. The number of phenols is 1. The van der Waals surface area contributed by atoms with Crippen LogP contribution in [0.2, 0.25) is 5.02 Å². The van der Waals surface area contributed by atoms with E-state index in [-0.39, 0.29) is 15.8 Å². The molecule has 0 aromatic heterocycles. The molecule has 0 unspecified atom stereocenters. The van der Waals surface area contributed by atoms with Crippen molar-refractivity contribution in [2.75, 3.05) is 0 Å². The largest absolute Gasteiger partial charge is 0.506 e. The lowest BCUT2D eigenvalue weighted by Gasteiger charge is -2.07. The second-order valence-corrected chi connectivity index (χ2v) is 3.76. The molecule has 0 radical (unpaired) electrons. The average Bonchev–Trinajstić information content (AvgIpc) is 2.01. The molecule has 13 heavy (non-hydrogen) atoms. The van der Waals surface area contributed by atoms with Gasteiger partial charge in [-0.25, -0.2) is 4.79 Å². The number of rotatable bonds is 1. The highest BCUT2D eigenvalue weighted by Crippen LogP contribution is 2.34. The summed E-state index contributed by atoms with van der Waals surface area (Å²) in [7, 11) is 0. The van der Waals surface area contributed by atoms with Crippen molar-refractivity contribution in [1.82, 2.24) is 0 Å².